The van der Waals surface area contributed by atoms with Crippen LogP contribution in [0.1, 0.15) is 44.0 Å². The Kier molecular flexibility index (Phi) is 7.66. The van der Waals surface area contributed by atoms with Gasteiger partial charge in [0.15, 0.2) is 0 Å². The number of carbonyl (C=O) groups is 2. The summed E-state index contributed by atoms with van der Waals surface area (Å²) in [6.45, 7) is 7.77. The molecule has 7 heteroatoms. The normalized spacial score (nSPS) is 23.2. The van der Waals surface area contributed by atoms with Gasteiger partial charge < -0.3 is 15.1 Å². The Morgan fingerprint density at radius 3 is 2.64 bits per heavy atom. The number of likely N-dealkylation sites (tertiary alicyclic amines) is 1. The van der Waals surface area contributed by atoms with Crippen molar-refractivity contribution >= 4 is 35.2 Å². The van der Waals surface area contributed by atoms with Gasteiger partial charge in [0.25, 0.3) is 0 Å². The smallest absolute Gasteiger partial charge is 0.243 e. The van der Waals surface area contributed by atoms with Crippen molar-refractivity contribution in [3.63, 3.8) is 0 Å². The van der Waals surface area contributed by atoms with Gasteiger partial charge in [0.1, 0.15) is 11.4 Å². The van der Waals surface area contributed by atoms with Crippen LogP contribution in [-0.4, -0.2) is 54.7 Å². The number of nitrogens with zero attached hydrogens (tertiary/aromatic N) is 1. The Bertz CT molecular complexity index is 694. The van der Waals surface area contributed by atoms with E-state index in [-0.39, 0.29) is 23.1 Å². The maximum atomic E-state index is 13.0. The van der Waals surface area contributed by atoms with Gasteiger partial charge in [0.05, 0.1) is 26.2 Å². The Hall–Kier alpha value is -1.24. The van der Waals surface area contributed by atoms with Gasteiger partial charge in [-0.15, -0.1) is 11.8 Å². The number of carbonyl (C=O) groups excluding carboxylic acids is 2. The van der Waals surface area contributed by atoms with Gasteiger partial charge in [-0.25, -0.2) is 0 Å². The van der Waals surface area contributed by atoms with Crippen LogP contribution in [0.5, 0.6) is 0 Å². The number of thioether (sulfide) groups is 1. The first-order valence-corrected chi connectivity index (χ1v) is 11.7. The molecule has 2 N–H and O–H groups in total. The van der Waals surface area contributed by atoms with Gasteiger partial charge in [-0.1, -0.05) is 43.6 Å². The highest BCUT2D eigenvalue weighted by Gasteiger charge is 2.43. The van der Waals surface area contributed by atoms with Crippen LogP contribution >= 0.6 is 23.4 Å². The van der Waals surface area contributed by atoms with Crippen LogP contribution in [0.3, 0.4) is 0 Å². The van der Waals surface area contributed by atoms with Crippen LogP contribution in [0, 0.1) is 5.92 Å². The molecular weight excluding hydrogens is 394 g/mol. The molecule has 28 heavy (non-hydrogen) atoms. The molecule has 0 unspecified atom stereocenters. The maximum absolute atomic E-state index is 13.0. The van der Waals surface area contributed by atoms with E-state index in [0.29, 0.717) is 17.3 Å². The summed E-state index contributed by atoms with van der Waals surface area (Å²) < 4.78 is 0. The number of quaternary nitrogens is 1. The van der Waals surface area contributed by atoms with E-state index in [2.05, 4.69) is 5.32 Å². The summed E-state index contributed by atoms with van der Waals surface area (Å²) in [5.41, 5.74) is 0.899. The summed E-state index contributed by atoms with van der Waals surface area (Å²) in [5, 5.41) is 3.50. The predicted octanol–water partition coefficient (Wildman–Crippen LogP) is 2.12. The zero-order chi connectivity index (χ0) is 20.1. The van der Waals surface area contributed by atoms with Crippen LogP contribution in [0.15, 0.2) is 24.3 Å². The molecule has 0 spiro atoms. The highest BCUT2D eigenvalue weighted by molar-refractivity contribution is 7.99. The van der Waals surface area contributed by atoms with Gasteiger partial charge in [-0.3, -0.25) is 9.59 Å². The number of amides is 2. The molecule has 2 heterocycles. The summed E-state index contributed by atoms with van der Waals surface area (Å²) in [7, 11) is 0. The zero-order valence-corrected chi connectivity index (χ0v) is 18.3. The van der Waals surface area contributed by atoms with Crippen molar-refractivity contribution < 1.29 is 14.5 Å². The van der Waals surface area contributed by atoms with E-state index in [1.54, 1.807) is 21.6 Å². The fourth-order valence-electron chi connectivity index (χ4n) is 3.97. The molecule has 2 saturated heterocycles. The second kappa shape index (κ2) is 9.99. The number of rotatable bonds is 6. The lowest BCUT2D eigenvalue weighted by Crippen LogP contribution is -3.13. The number of hydrogen-bond acceptors (Lipinski definition) is 3. The first-order chi connectivity index (χ1) is 13.5. The summed E-state index contributed by atoms with van der Waals surface area (Å²) >= 11 is 8.01. The molecule has 2 aliphatic rings. The predicted molar refractivity (Wildman–Crippen MR) is 115 cm³/mol. The second-order valence-electron chi connectivity index (χ2n) is 7.97. The Labute approximate surface area is 177 Å². The minimum Gasteiger partial charge on any atom is -0.349 e. The lowest BCUT2D eigenvalue weighted by molar-refractivity contribution is -0.903. The van der Waals surface area contributed by atoms with E-state index in [1.165, 1.54) is 32.4 Å². The lowest BCUT2D eigenvalue weighted by Gasteiger charge is -2.31. The standard InChI is InChI=1S/C21H30ClN3O2S/c1-15(2)20(27)25-18(14-28-21(25)16-8-4-5-9-17(16)22)19(26)23-10-13-24-11-6-3-7-12-24/h4-5,8-9,15,18,21H,3,6-7,10-14H2,1-2H3,(H,23,26)/p+1/t18-,21+/m1/s1. The Morgan fingerprint density at radius 1 is 1.25 bits per heavy atom. The van der Waals surface area contributed by atoms with Crippen molar-refractivity contribution in [2.75, 3.05) is 31.9 Å². The average Bonchev–Trinajstić information content (AvgIpc) is 3.13. The third-order valence-corrected chi connectivity index (χ3v) is 7.21. The fourth-order valence-corrected chi connectivity index (χ4v) is 5.75. The summed E-state index contributed by atoms with van der Waals surface area (Å²) in [6, 6.07) is 7.14. The van der Waals surface area contributed by atoms with Crippen LogP contribution in [-0.2, 0) is 9.59 Å². The highest BCUT2D eigenvalue weighted by atomic mass is 35.5. The molecule has 1 aromatic carbocycles. The van der Waals surface area contributed by atoms with Crippen molar-refractivity contribution in [3.05, 3.63) is 34.9 Å². The van der Waals surface area contributed by atoms with Crippen molar-refractivity contribution in [3.8, 4) is 0 Å². The molecule has 2 fully saturated rings. The lowest BCUT2D eigenvalue weighted by atomic mass is 10.1. The topological polar surface area (TPSA) is 53.9 Å². The molecule has 154 valence electrons. The number of nitrogens with one attached hydrogen (secondary N) is 2. The van der Waals surface area contributed by atoms with Gasteiger partial charge in [0, 0.05) is 22.3 Å². The van der Waals surface area contributed by atoms with Crippen LogP contribution in [0.4, 0.5) is 0 Å². The molecule has 0 saturated carbocycles. The largest absolute Gasteiger partial charge is 0.349 e. The maximum Gasteiger partial charge on any atom is 0.243 e. The van der Waals surface area contributed by atoms with Crippen LogP contribution in [0.25, 0.3) is 0 Å². The fraction of sp³-hybridized carbons (Fsp3) is 0.619. The SMILES string of the molecule is CC(C)C(=O)N1[C@@H](C(=O)NCC[NH+]2CCCCC2)CS[C@H]1c1ccccc1Cl. The molecule has 1 aromatic rings. The monoisotopic (exact) mass is 424 g/mol. The number of piperidine rings is 1. The average molecular weight is 425 g/mol. The highest BCUT2D eigenvalue weighted by Crippen LogP contribution is 2.44. The molecule has 2 amide bonds. The second-order valence-corrected chi connectivity index (χ2v) is 9.50. The zero-order valence-electron chi connectivity index (χ0n) is 16.7. The van der Waals surface area contributed by atoms with Crippen molar-refractivity contribution in [2.24, 2.45) is 5.92 Å². The third kappa shape index (κ3) is 5.02. The summed E-state index contributed by atoms with van der Waals surface area (Å²) in [4.78, 5) is 29.2. The van der Waals surface area contributed by atoms with Crippen molar-refractivity contribution in [1.82, 2.24) is 10.2 Å². The molecule has 3 rings (SSSR count). The van der Waals surface area contributed by atoms with E-state index in [4.69, 9.17) is 11.6 Å². The molecule has 0 aromatic heterocycles. The van der Waals surface area contributed by atoms with E-state index < -0.39 is 6.04 Å². The van der Waals surface area contributed by atoms with Crippen LogP contribution < -0.4 is 10.2 Å². The van der Waals surface area contributed by atoms with Crippen molar-refractivity contribution in [1.29, 1.82) is 0 Å². The minimum atomic E-state index is -0.447. The van der Waals surface area contributed by atoms with Crippen molar-refractivity contribution in [2.45, 2.75) is 44.5 Å². The van der Waals surface area contributed by atoms with Crippen LogP contribution in [0.2, 0.25) is 5.02 Å². The number of benzene rings is 1. The Balaban J connectivity index is 1.67. The first-order valence-electron chi connectivity index (χ1n) is 10.3. The first kappa shape index (κ1) is 21.5. The number of hydrogen-bond donors (Lipinski definition) is 2. The molecular formula is C21H31ClN3O2S+. The van der Waals surface area contributed by atoms with E-state index in [0.717, 1.165) is 12.1 Å². The molecule has 5 nitrogen and oxygen atoms in total. The van der Waals surface area contributed by atoms with E-state index in [1.807, 2.05) is 38.1 Å². The number of halogens is 1. The molecule has 0 bridgehead atoms. The van der Waals surface area contributed by atoms with E-state index >= 15 is 0 Å². The summed E-state index contributed by atoms with van der Waals surface area (Å²) in [6.07, 6.45) is 3.88. The van der Waals surface area contributed by atoms with Gasteiger partial charge in [0.2, 0.25) is 11.8 Å². The molecule has 0 aliphatic carbocycles. The van der Waals surface area contributed by atoms with Gasteiger partial charge >= 0.3 is 0 Å². The third-order valence-electron chi connectivity index (χ3n) is 5.56. The minimum absolute atomic E-state index is 0.00303. The Morgan fingerprint density at radius 2 is 1.96 bits per heavy atom. The van der Waals surface area contributed by atoms with Gasteiger partial charge in [-0.2, -0.15) is 0 Å². The molecule has 2 atom stereocenters. The van der Waals surface area contributed by atoms with Gasteiger partial charge in [-0.05, 0) is 25.3 Å². The molecule has 2 aliphatic heterocycles. The molecule has 0 radical (unpaired) electrons. The summed E-state index contributed by atoms with van der Waals surface area (Å²) in [5.74, 6) is 0.373. The van der Waals surface area contributed by atoms with E-state index in [9.17, 15) is 9.59 Å². The quantitative estimate of drug-likeness (QED) is 0.735.